The number of furan rings is 1. The van der Waals surface area contributed by atoms with Crippen molar-refractivity contribution in [1.82, 2.24) is 20.2 Å². The highest BCUT2D eigenvalue weighted by atomic mass is 28.3. The van der Waals surface area contributed by atoms with Crippen molar-refractivity contribution in [2.75, 3.05) is 0 Å². The molecule has 0 atom stereocenters. The maximum absolute atomic E-state index is 6.33. The van der Waals surface area contributed by atoms with Crippen molar-refractivity contribution >= 4 is 13.5 Å². The summed E-state index contributed by atoms with van der Waals surface area (Å²) in [5.41, 5.74) is 2.41. The second-order valence-corrected chi connectivity index (χ2v) is 14.1. The Labute approximate surface area is 194 Å². The number of rotatable bonds is 6. The van der Waals surface area contributed by atoms with Crippen LogP contribution in [0.2, 0.25) is 19.6 Å². The summed E-state index contributed by atoms with van der Waals surface area (Å²) in [6.45, 7) is 6.79. The van der Waals surface area contributed by atoms with Crippen LogP contribution in [0.15, 0.2) is 108 Å². The standard InChI is InChI=1S/C27H26N4OSi/c1-33(2,3)25-20-19-24(32-25)26-28-29-30-31(26)27(21-13-7-4-8-14-21,22-15-9-5-10-16-22)23-17-11-6-12-18-23/h4-20H,1-3H3. The molecule has 0 saturated heterocycles. The predicted octanol–water partition coefficient (Wildman–Crippen LogP) is 5.32. The fourth-order valence-electron chi connectivity index (χ4n) is 4.33. The van der Waals surface area contributed by atoms with E-state index >= 15 is 0 Å². The minimum atomic E-state index is -1.62. The molecule has 0 aliphatic rings. The van der Waals surface area contributed by atoms with Crippen LogP contribution in [0.4, 0.5) is 0 Å². The Hall–Kier alpha value is -3.77. The molecule has 0 radical (unpaired) electrons. The van der Waals surface area contributed by atoms with Gasteiger partial charge in [0.25, 0.3) is 0 Å². The molecule has 0 aliphatic carbocycles. The molecule has 0 bridgehead atoms. The van der Waals surface area contributed by atoms with E-state index in [1.54, 1.807) is 0 Å². The average molecular weight is 451 g/mol. The van der Waals surface area contributed by atoms with E-state index in [2.05, 4.69) is 114 Å². The molecule has 3 aromatic carbocycles. The quantitative estimate of drug-likeness (QED) is 0.260. The Morgan fingerprint density at radius 2 is 1.15 bits per heavy atom. The summed E-state index contributed by atoms with van der Waals surface area (Å²) in [7, 11) is -1.62. The first kappa shape index (κ1) is 21.1. The second kappa shape index (κ2) is 8.29. The van der Waals surface area contributed by atoms with Gasteiger partial charge in [-0.15, -0.1) is 5.10 Å². The largest absolute Gasteiger partial charge is 0.463 e. The number of benzene rings is 3. The minimum Gasteiger partial charge on any atom is -0.463 e. The van der Waals surface area contributed by atoms with Crippen LogP contribution in [-0.4, -0.2) is 28.3 Å². The highest BCUT2D eigenvalue weighted by Crippen LogP contribution is 2.42. The van der Waals surface area contributed by atoms with E-state index in [9.17, 15) is 0 Å². The summed E-state index contributed by atoms with van der Waals surface area (Å²) < 4.78 is 8.24. The first-order valence-corrected chi connectivity index (χ1v) is 14.6. The topological polar surface area (TPSA) is 56.7 Å². The molecular formula is C27H26N4OSi. The molecule has 164 valence electrons. The molecule has 0 N–H and O–H groups in total. The zero-order valence-electron chi connectivity index (χ0n) is 19.0. The first-order valence-electron chi connectivity index (χ1n) is 11.1. The van der Waals surface area contributed by atoms with E-state index in [0.717, 1.165) is 22.1 Å². The lowest BCUT2D eigenvalue weighted by Gasteiger charge is -2.36. The zero-order chi connectivity index (χ0) is 22.9. The molecular weight excluding hydrogens is 424 g/mol. The van der Waals surface area contributed by atoms with Gasteiger partial charge in [0.05, 0.1) is 5.38 Å². The smallest absolute Gasteiger partial charge is 0.219 e. The molecule has 5 nitrogen and oxygen atoms in total. The third-order valence-corrected chi connectivity index (χ3v) is 7.67. The van der Waals surface area contributed by atoms with Crippen molar-refractivity contribution in [2.24, 2.45) is 0 Å². The number of hydrogen-bond donors (Lipinski definition) is 0. The van der Waals surface area contributed by atoms with Gasteiger partial charge in [0.1, 0.15) is 13.6 Å². The van der Waals surface area contributed by atoms with Crippen LogP contribution in [0.25, 0.3) is 11.6 Å². The maximum Gasteiger partial charge on any atom is 0.219 e. The summed E-state index contributed by atoms with van der Waals surface area (Å²) in [5.74, 6) is 1.26. The number of nitrogens with zero attached hydrogens (tertiary/aromatic N) is 4. The van der Waals surface area contributed by atoms with Crippen LogP contribution in [0.5, 0.6) is 0 Å². The van der Waals surface area contributed by atoms with Crippen LogP contribution in [0.1, 0.15) is 16.7 Å². The van der Waals surface area contributed by atoms with Crippen molar-refractivity contribution in [1.29, 1.82) is 0 Å². The molecule has 2 aromatic heterocycles. The Balaban J connectivity index is 1.85. The fourth-order valence-corrected chi connectivity index (χ4v) is 5.33. The first-order chi connectivity index (χ1) is 16.0. The Bertz CT molecular complexity index is 1240. The van der Waals surface area contributed by atoms with Gasteiger partial charge in [-0.05, 0) is 39.2 Å². The monoisotopic (exact) mass is 450 g/mol. The average Bonchev–Trinajstić information content (AvgIpc) is 3.52. The molecule has 2 heterocycles. The summed E-state index contributed by atoms with van der Waals surface area (Å²) in [6, 6.07) is 35.2. The van der Waals surface area contributed by atoms with Crippen LogP contribution in [-0.2, 0) is 5.54 Å². The number of tetrazole rings is 1. The van der Waals surface area contributed by atoms with E-state index in [1.807, 2.05) is 28.9 Å². The lowest BCUT2D eigenvalue weighted by molar-refractivity contribution is 0.445. The van der Waals surface area contributed by atoms with Gasteiger partial charge in [0.2, 0.25) is 5.82 Å². The van der Waals surface area contributed by atoms with Gasteiger partial charge in [-0.25, -0.2) is 4.68 Å². The Kier molecular flexibility index (Phi) is 5.30. The fraction of sp³-hybridized carbons (Fsp3) is 0.148. The predicted molar refractivity (Wildman–Crippen MR) is 133 cm³/mol. The van der Waals surface area contributed by atoms with Crippen LogP contribution < -0.4 is 5.38 Å². The number of aromatic nitrogens is 4. The van der Waals surface area contributed by atoms with Gasteiger partial charge >= 0.3 is 0 Å². The second-order valence-electron chi connectivity index (χ2n) is 9.14. The van der Waals surface area contributed by atoms with E-state index in [1.165, 1.54) is 0 Å². The molecule has 6 heteroatoms. The van der Waals surface area contributed by atoms with Crippen molar-refractivity contribution < 1.29 is 4.42 Å². The summed E-state index contributed by atoms with van der Waals surface area (Å²) >= 11 is 0. The Morgan fingerprint density at radius 1 is 0.667 bits per heavy atom. The van der Waals surface area contributed by atoms with Gasteiger partial charge in [-0.1, -0.05) is 111 Å². The van der Waals surface area contributed by atoms with Crippen molar-refractivity contribution in [3.8, 4) is 11.6 Å². The molecule has 33 heavy (non-hydrogen) atoms. The summed E-state index contributed by atoms with van der Waals surface area (Å²) in [5, 5.41) is 14.2. The maximum atomic E-state index is 6.33. The van der Waals surface area contributed by atoms with Gasteiger partial charge in [0, 0.05) is 0 Å². The molecule has 0 spiro atoms. The van der Waals surface area contributed by atoms with Crippen molar-refractivity contribution in [3.63, 3.8) is 0 Å². The molecule has 5 rings (SSSR count). The van der Waals surface area contributed by atoms with Gasteiger partial charge in [-0.3, -0.25) is 0 Å². The number of hydrogen-bond acceptors (Lipinski definition) is 4. The highest BCUT2D eigenvalue weighted by Gasteiger charge is 2.42. The SMILES string of the molecule is C[Si](C)(C)c1ccc(-c2nnnn2C(c2ccccc2)(c2ccccc2)c2ccccc2)o1. The Morgan fingerprint density at radius 3 is 1.58 bits per heavy atom. The van der Waals surface area contributed by atoms with E-state index < -0.39 is 13.6 Å². The van der Waals surface area contributed by atoms with Gasteiger partial charge < -0.3 is 4.42 Å². The molecule has 0 amide bonds. The molecule has 5 aromatic rings. The van der Waals surface area contributed by atoms with Crippen LogP contribution >= 0.6 is 0 Å². The lowest BCUT2D eigenvalue weighted by atomic mass is 9.77. The summed E-state index contributed by atoms with van der Waals surface area (Å²) in [4.78, 5) is 0. The third kappa shape index (κ3) is 3.62. The molecule has 0 saturated carbocycles. The van der Waals surface area contributed by atoms with Crippen molar-refractivity contribution in [2.45, 2.75) is 25.2 Å². The molecule has 0 unspecified atom stereocenters. The molecule has 0 aliphatic heterocycles. The normalized spacial score (nSPS) is 12.1. The van der Waals surface area contributed by atoms with Gasteiger partial charge in [-0.2, -0.15) is 0 Å². The lowest BCUT2D eigenvalue weighted by Crippen LogP contribution is -2.39. The highest BCUT2D eigenvalue weighted by molar-refractivity contribution is 6.87. The van der Waals surface area contributed by atoms with E-state index in [0.29, 0.717) is 11.6 Å². The third-order valence-electron chi connectivity index (χ3n) is 5.93. The molecule has 0 fully saturated rings. The van der Waals surface area contributed by atoms with Crippen molar-refractivity contribution in [3.05, 3.63) is 120 Å². The van der Waals surface area contributed by atoms with Crippen LogP contribution in [0, 0.1) is 0 Å². The van der Waals surface area contributed by atoms with Crippen LogP contribution in [0.3, 0.4) is 0 Å². The van der Waals surface area contributed by atoms with E-state index in [4.69, 9.17) is 4.42 Å². The van der Waals surface area contributed by atoms with E-state index in [-0.39, 0.29) is 0 Å². The van der Waals surface area contributed by atoms with Gasteiger partial charge in [0.15, 0.2) is 5.76 Å². The zero-order valence-corrected chi connectivity index (χ0v) is 20.0. The minimum absolute atomic E-state index is 0.594. The summed E-state index contributed by atoms with van der Waals surface area (Å²) in [6.07, 6.45) is 0.